The van der Waals surface area contributed by atoms with E-state index in [1.165, 1.54) is 0 Å². The fourth-order valence-corrected chi connectivity index (χ4v) is 1.91. The fourth-order valence-electron chi connectivity index (χ4n) is 1.91. The van der Waals surface area contributed by atoms with Gasteiger partial charge in [-0.05, 0) is 19.1 Å². The Morgan fingerprint density at radius 1 is 1.30 bits per heavy atom. The maximum atomic E-state index is 12.2. The van der Waals surface area contributed by atoms with Gasteiger partial charge in [0, 0.05) is 19.3 Å². The molecule has 0 radical (unpaired) electrons. The Bertz CT molecular complexity index is 635. The Kier molecular flexibility index (Phi) is 3.93. The van der Waals surface area contributed by atoms with E-state index in [2.05, 4.69) is 10.4 Å². The summed E-state index contributed by atoms with van der Waals surface area (Å²) in [7, 11) is 4.89. The van der Waals surface area contributed by atoms with Crippen LogP contribution in [0, 0.1) is 6.92 Å². The highest BCUT2D eigenvalue weighted by Crippen LogP contribution is 2.29. The third-order valence-electron chi connectivity index (χ3n) is 2.91. The first-order chi connectivity index (χ1) is 9.55. The summed E-state index contributed by atoms with van der Waals surface area (Å²) >= 11 is 0. The van der Waals surface area contributed by atoms with Gasteiger partial charge in [-0.25, -0.2) is 0 Å². The second-order valence-corrected chi connectivity index (χ2v) is 4.32. The Labute approximate surface area is 117 Å². The second-order valence-electron chi connectivity index (χ2n) is 4.32. The summed E-state index contributed by atoms with van der Waals surface area (Å²) in [5.74, 6) is 0.982. The van der Waals surface area contributed by atoms with E-state index in [0.717, 1.165) is 0 Å². The van der Waals surface area contributed by atoms with Gasteiger partial charge in [0.15, 0.2) is 0 Å². The van der Waals surface area contributed by atoms with Crippen LogP contribution in [0.25, 0.3) is 0 Å². The van der Waals surface area contributed by atoms with Crippen molar-refractivity contribution in [2.75, 3.05) is 19.5 Å². The molecule has 1 N–H and O–H groups in total. The fraction of sp³-hybridized carbons (Fsp3) is 0.286. The van der Waals surface area contributed by atoms with Gasteiger partial charge < -0.3 is 14.8 Å². The van der Waals surface area contributed by atoms with Crippen molar-refractivity contribution in [2.24, 2.45) is 7.05 Å². The first kappa shape index (κ1) is 13.9. The largest absolute Gasteiger partial charge is 0.497 e. The van der Waals surface area contributed by atoms with Gasteiger partial charge in [-0.2, -0.15) is 5.10 Å². The summed E-state index contributed by atoms with van der Waals surface area (Å²) in [6.07, 6.45) is 1.68. The normalized spacial score (nSPS) is 10.2. The molecule has 1 aromatic carbocycles. The number of ether oxygens (including phenoxy) is 2. The maximum absolute atomic E-state index is 12.2. The molecule has 6 nitrogen and oxygen atoms in total. The average Bonchev–Trinajstić information content (AvgIpc) is 2.78. The SMILES string of the molecule is COc1ccc(NC(=O)c2cn(C)nc2C)c(OC)c1. The van der Waals surface area contributed by atoms with Crippen molar-refractivity contribution < 1.29 is 14.3 Å². The third kappa shape index (κ3) is 2.74. The number of nitrogens with zero attached hydrogens (tertiary/aromatic N) is 2. The van der Waals surface area contributed by atoms with Crippen LogP contribution < -0.4 is 14.8 Å². The van der Waals surface area contributed by atoms with Gasteiger partial charge >= 0.3 is 0 Å². The van der Waals surface area contributed by atoms with Crippen molar-refractivity contribution in [3.8, 4) is 11.5 Å². The number of anilines is 1. The molecule has 0 aliphatic rings. The molecule has 0 aliphatic heterocycles. The summed E-state index contributed by atoms with van der Waals surface area (Å²) in [6.45, 7) is 1.79. The van der Waals surface area contributed by atoms with E-state index in [4.69, 9.17) is 9.47 Å². The van der Waals surface area contributed by atoms with E-state index in [9.17, 15) is 4.79 Å². The average molecular weight is 275 g/mol. The minimum Gasteiger partial charge on any atom is -0.497 e. The van der Waals surface area contributed by atoms with Crippen molar-refractivity contribution in [1.29, 1.82) is 0 Å². The number of methoxy groups -OCH3 is 2. The number of hydrogen-bond donors (Lipinski definition) is 1. The minimum absolute atomic E-state index is 0.223. The molecule has 1 amide bonds. The summed E-state index contributed by atoms with van der Waals surface area (Å²) in [6, 6.07) is 5.21. The van der Waals surface area contributed by atoms with Crippen LogP contribution in [0.1, 0.15) is 16.1 Å². The minimum atomic E-state index is -0.223. The van der Waals surface area contributed by atoms with Crippen molar-refractivity contribution in [2.45, 2.75) is 6.92 Å². The summed E-state index contributed by atoms with van der Waals surface area (Å²) < 4.78 is 12.0. The van der Waals surface area contributed by atoms with E-state index in [-0.39, 0.29) is 5.91 Å². The van der Waals surface area contributed by atoms with Crippen LogP contribution in [0.5, 0.6) is 11.5 Å². The molecule has 0 bridgehead atoms. The number of hydrogen-bond acceptors (Lipinski definition) is 4. The van der Waals surface area contributed by atoms with Crippen LogP contribution >= 0.6 is 0 Å². The van der Waals surface area contributed by atoms with Crippen LogP contribution in [-0.4, -0.2) is 29.9 Å². The smallest absolute Gasteiger partial charge is 0.259 e. The topological polar surface area (TPSA) is 65.4 Å². The Morgan fingerprint density at radius 2 is 2.05 bits per heavy atom. The number of benzene rings is 1. The molecule has 1 heterocycles. The zero-order chi connectivity index (χ0) is 14.7. The predicted molar refractivity (Wildman–Crippen MR) is 75.4 cm³/mol. The van der Waals surface area contributed by atoms with Gasteiger partial charge in [0.2, 0.25) is 0 Å². The first-order valence-electron chi connectivity index (χ1n) is 6.08. The standard InChI is InChI=1S/C14H17N3O3/c1-9-11(8-17(2)16-9)14(18)15-12-6-5-10(19-3)7-13(12)20-4/h5-8H,1-4H3,(H,15,18). The van der Waals surface area contributed by atoms with Crippen LogP contribution in [0.15, 0.2) is 24.4 Å². The van der Waals surface area contributed by atoms with Crippen LogP contribution in [0.3, 0.4) is 0 Å². The lowest BCUT2D eigenvalue weighted by molar-refractivity contribution is 0.102. The number of rotatable bonds is 4. The molecule has 2 rings (SSSR count). The molecule has 0 saturated heterocycles. The van der Waals surface area contributed by atoms with E-state index in [0.29, 0.717) is 28.4 Å². The molecule has 0 atom stereocenters. The molecule has 0 fully saturated rings. The predicted octanol–water partition coefficient (Wildman–Crippen LogP) is 2.00. The van der Waals surface area contributed by atoms with E-state index < -0.39 is 0 Å². The molecule has 2 aromatic rings. The van der Waals surface area contributed by atoms with Crippen LogP contribution in [0.2, 0.25) is 0 Å². The number of aromatic nitrogens is 2. The molecule has 0 saturated carbocycles. The van der Waals surface area contributed by atoms with Gasteiger partial charge in [0.1, 0.15) is 11.5 Å². The highest BCUT2D eigenvalue weighted by atomic mass is 16.5. The molecule has 0 spiro atoms. The molecule has 0 unspecified atom stereocenters. The molecular weight excluding hydrogens is 258 g/mol. The lowest BCUT2D eigenvalue weighted by Gasteiger charge is -2.11. The number of amides is 1. The van der Waals surface area contributed by atoms with Crippen LogP contribution in [0.4, 0.5) is 5.69 Å². The molecule has 6 heteroatoms. The molecular formula is C14H17N3O3. The summed E-state index contributed by atoms with van der Waals surface area (Å²) in [4.78, 5) is 12.2. The zero-order valence-corrected chi connectivity index (χ0v) is 11.9. The number of aryl methyl sites for hydroxylation is 2. The van der Waals surface area contributed by atoms with Crippen LogP contribution in [-0.2, 0) is 7.05 Å². The monoisotopic (exact) mass is 275 g/mol. The number of nitrogens with one attached hydrogen (secondary N) is 1. The quantitative estimate of drug-likeness (QED) is 0.926. The summed E-state index contributed by atoms with van der Waals surface area (Å²) in [5, 5.41) is 6.96. The summed E-state index contributed by atoms with van der Waals surface area (Å²) in [5.41, 5.74) is 1.80. The van der Waals surface area contributed by atoms with Gasteiger partial charge in [-0.1, -0.05) is 0 Å². The molecule has 20 heavy (non-hydrogen) atoms. The Hall–Kier alpha value is -2.50. The van der Waals surface area contributed by atoms with Gasteiger partial charge in [0.25, 0.3) is 5.91 Å². The van der Waals surface area contributed by atoms with Crippen molar-refractivity contribution in [3.05, 3.63) is 35.7 Å². The molecule has 1 aromatic heterocycles. The van der Waals surface area contributed by atoms with E-state index >= 15 is 0 Å². The zero-order valence-electron chi connectivity index (χ0n) is 11.9. The maximum Gasteiger partial charge on any atom is 0.259 e. The lowest BCUT2D eigenvalue weighted by atomic mass is 10.2. The highest BCUT2D eigenvalue weighted by Gasteiger charge is 2.15. The number of carbonyl (C=O) groups excluding carboxylic acids is 1. The Morgan fingerprint density at radius 3 is 2.60 bits per heavy atom. The highest BCUT2D eigenvalue weighted by molar-refractivity contribution is 6.05. The molecule has 0 aliphatic carbocycles. The van der Waals surface area contributed by atoms with Gasteiger partial charge in [-0.3, -0.25) is 9.48 Å². The second kappa shape index (κ2) is 5.64. The lowest BCUT2D eigenvalue weighted by Crippen LogP contribution is -2.13. The van der Waals surface area contributed by atoms with E-state index in [1.54, 1.807) is 57.3 Å². The van der Waals surface area contributed by atoms with Gasteiger partial charge in [-0.15, -0.1) is 0 Å². The molecule has 106 valence electrons. The Balaban J connectivity index is 2.25. The van der Waals surface area contributed by atoms with Gasteiger partial charge in [0.05, 0.1) is 31.2 Å². The third-order valence-corrected chi connectivity index (χ3v) is 2.91. The van der Waals surface area contributed by atoms with Crippen molar-refractivity contribution in [3.63, 3.8) is 0 Å². The van der Waals surface area contributed by atoms with E-state index in [1.807, 2.05) is 0 Å². The number of carbonyl (C=O) groups is 1. The van der Waals surface area contributed by atoms with Crippen molar-refractivity contribution in [1.82, 2.24) is 9.78 Å². The van der Waals surface area contributed by atoms with Crippen molar-refractivity contribution >= 4 is 11.6 Å². The first-order valence-corrected chi connectivity index (χ1v) is 6.08.